The fourth-order valence-electron chi connectivity index (χ4n) is 4.47. The van der Waals surface area contributed by atoms with Crippen LogP contribution in [0.15, 0.2) is 47.1 Å². The molecule has 5 atom stereocenters. The number of nitrogens with one attached hydrogen (secondary N) is 1. The first-order valence-electron chi connectivity index (χ1n) is 12.7. The van der Waals surface area contributed by atoms with E-state index >= 15 is 0 Å². The largest absolute Gasteiger partial charge is 0.505 e. The fraction of sp³-hybridized carbons (Fsp3) is 0.448. The van der Waals surface area contributed by atoms with Crippen LogP contribution in [0.4, 0.5) is 10.5 Å². The van der Waals surface area contributed by atoms with Crippen molar-refractivity contribution in [1.82, 2.24) is 0 Å². The highest BCUT2D eigenvalue weighted by molar-refractivity contribution is 6.05. The van der Waals surface area contributed by atoms with Crippen LogP contribution in [-0.2, 0) is 19.0 Å². The number of aromatic hydroxyl groups is 2. The van der Waals surface area contributed by atoms with Gasteiger partial charge < -0.3 is 45.3 Å². The van der Waals surface area contributed by atoms with Crippen LogP contribution in [0, 0.1) is 5.92 Å². The molecule has 1 aliphatic rings. The van der Waals surface area contributed by atoms with Crippen molar-refractivity contribution in [2.45, 2.75) is 58.5 Å². The summed E-state index contributed by atoms with van der Waals surface area (Å²) >= 11 is 0. The van der Waals surface area contributed by atoms with Gasteiger partial charge in [0.15, 0.2) is 17.6 Å². The average Bonchev–Trinajstić information content (AvgIpc) is 2.90. The number of anilines is 1. The SMILES string of the molecule is COc1c(O)cc2c(O)c1/C=C(/C)C[C@H](OC)[C@H](O)[C@@H](C)/C=C(\C)[C@H](OC(N)=O)[C@@H](OC)C=C/C=C(\C)C(=O)N2. The standard InChI is InChI=1S/C29H40N2O9/c1-15-11-19-25(34)20(14-21(32)27(19)39-7)31-28(35)16(2)9-8-10-22(37-5)26(40-29(30)36)18(4)13-17(3)24(33)23(12-15)38-6/h8-11,13-14,17,22-24,26,32-34H,12H2,1-7H3,(H2,30,36)(H,31,35)/b10-8?,15-11-,16-9+,18-13+/t17-,22-,23-,24+,26-/m0/s1. The van der Waals surface area contributed by atoms with Gasteiger partial charge in [0.05, 0.1) is 30.6 Å². The van der Waals surface area contributed by atoms with Crippen LogP contribution in [0.25, 0.3) is 6.08 Å². The molecular weight excluding hydrogens is 520 g/mol. The van der Waals surface area contributed by atoms with Crippen LogP contribution in [0.3, 0.4) is 0 Å². The van der Waals surface area contributed by atoms with E-state index in [1.165, 1.54) is 33.5 Å². The maximum atomic E-state index is 12.9. The van der Waals surface area contributed by atoms with Crippen molar-refractivity contribution in [2.24, 2.45) is 11.7 Å². The maximum Gasteiger partial charge on any atom is 0.405 e. The maximum absolute atomic E-state index is 12.9. The molecule has 11 nitrogen and oxygen atoms in total. The Morgan fingerprint density at radius 3 is 2.38 bits per heavy atom. The molecular formula is C29H40N2O9. The number of carbonyl (C=O) groups excluding carboxylic acids is 2. The van der Waals surface area contributed by atoms with E-state index in [0.717, 1.165) is 0 Å². The summed E-state index contributed by atoms with van der Waals surface area (Å²) in [7, 11) is 4.25. The lowest BCUT2D eigenvalue weighted by Gasteiger charge is -2.28. The number of amides is 2. The van der Waals surface area contributed by atoms with Gasteiger partial charge in [0.25, 0.3) is 5.91 Å². The minimum absolute atomic E-state index is 0.0171. The third kappa shape index (κ3) is 8.10. The summed E-state index contributed by atoms with van der Waals surface area (Å²) in [6, 6.07) is 1.19. The van der Waals surface area contributed by atoms with E-state index in [9.17, 15) is 24.9 Å². The van der Waals surface area contributed by atoms with Crippen molar-refractivity contribution in [3.8, 4) is 17.2 Å². The van der Waals surface area contributed by atoms with Crippen LogP contribution in [-0.4, -0.2) is 73.1 Å². The highest BCUT2D eigenvalue weighted by atomic mass is 16.6. The summed E-state index contributed by atoms with van der Waals surface area (Å²) in [6.07, 6.45) is 3.94. The summed E-state index contributed by atoms with van der Waals surface area (Å²) in [4.78, 5) is 24.6. The molecule has 11 heteroatoms. The first-order chi connectivity index (χ1) is 18.8. The predicted molar refractivity (Wildman–Crippen MR) is 151 cm³/mol. The lowest BCUT2D eigenvalue weighted by Crippen LogP contribution is -2.36. The number of hydrogen-bond acceptors (Lipinski definition) is 9. The van der Waals surface area contributed by atoms with Gasteiger partial charge in [-0.25, -0.2) is 4.79 Å². The number of nitrogens with two attached hydrogens (primary N) is 1. The van der Waals surface area contributed by atoms with Crippen LogP contribution in [0.5, 0.6) is 17.2 Å². The Morgan fingerprint density at radius 1 is 1.12 bits per heavy atom. The Kier molecular flexibility index (Phi) is 11.8. The zero-order valence-corrected chi connectivity index (χ0v) is 23.9. The summed E-state index contributed by atoms with van der Waals surface area (Å²) in [6.45, 7) is 6.86. The van der Waals surface area contributed by atoms with Crippen molar-refractivity contribution < 1.29 is 43.9 Å². The smallest absolute Gasteiger partial charge is 0.405 e. The normalized spacial score (nSPS) is 28.8. The van der Waals surface area contributed by atoms with Crippen LogP contribution < -0.4 is 15.8 Å². The Bertz CT molecular complexity index is 1200. The number of primary amides is 1. The topological polar surface area (TPSA) is 170 Å². The number of aliphatic hydroxyl groups is 1. The molecule has 2 bridgehead atoms. The number of fused-ring (bicyclic) bond motifs is 2. The lowest BCUT2D eigenvalue weighted by molar-refractivity contribution is -0.112. The molecule has 1 aromatic rings. The zero-order chi connectivity index (χ0) is 30.1. The highest BCUT2D eigenvalue weighted by Crippen LogP contribution is 2.43. The third-order valence-electron chi connectivity index (χ3n) is 6.65. The summed E-state index contributed by atoms with van der Waals surface area (Å²) in [5, 5.41) is 35.3. The molecule has 1 heterocycles. The molecule has 1 aliphatic heterocycles. The van der Waals surface area contributed by atoms with Gasteiger partial charge in [0, 0.05) is 31.8 Å². The van der Waals surface area contributed by atoms with E-state index in [4.69, 9.17) is 24.7 Å². The molecule has 0 spiro atoms. The molecule has 0 radical (unpaired) electrons. The number of allylic oxidation sites excluding steroid dienone is 2. The van der Waals surface area contributed by atoms with Crippen molar-refractivity contribution in [3.05, 3.63) is 52.7 Å². The number of phenolic OH excluding ortho intramolecular Hbond substituents is 2. The molecule has 0 saturated carbocycles. The van der Waals surface area contributed by atoms with E-state index in [1.54, 1.807) is 52.0 Å². The van der Waals surface area contributed by atoms with Crippen molar-refractivity contribution >= 4 is 23.8 Å². The Morgan fingerprint density at radius 2 is 1.80 bits per heavy atom. The van der Waals surface area contributed by atoms with Gasteiger partial charge in [0.2, 0.25) is 0 Å². The number of rotatable bonds is 4. The number of methoxy groups -OCH3 is 3. The van der Waals surface area contributed by atoms with Crippen molar-refractivity contribution in [1.29, 1.82) is 0 Å². The van der Waals surface area contributed by atoms with Crippen LogP contribution in [0.1, 0.15) is 39.7 Å². The molecule has 0 aromatic heterocycles. The zero-order valence-electron chi connectivity index (χ0n) is 23.9. The first kappa shape index (κ1) is 32.4. The van der Waals surface area contributed by atoms with Gasteiger partial charge in [-0.2, -0.15) is 0 Å². The number of benzene rings is 1. The van der Waals surface area contributed by atoms with Gasteiger partial charge in [0.1, 0.15) is 11.9 Å². The second-order valence-corrected chi connectivity index (χ2v) is 9.71. The molecule has 40 heavy (non-hydrogen) atoms. The Hall–Kier alpha value is -3.80. The molecule has 1 aromatic carbocycles. The molecule has 2 rings (SSSR count). The third-order valence-corrected chi connectivity index (χ3v) is 6.65. The van der Waals surface area contributed by atoms with E-state index in [2.05, 4.69) is 5.32 Å². The average molecular weight is 561 g/mol. The van der Waals surface area contributed by atoms with Gasteiger partial charge in [-0.3, -0.25) is 4.79 Å². The first-order valence-corrected chi connectivity index (χ1v) is 12.7. The number of phenols is 2. The van der Waals surface area contributed by atoms with Crippen molar-refractivity contribution in [2.75, 3.05) is 26.6 Å². The molecule has 0 unspecified atom stereocenters. The molecule has 220 valence electrons. The number of ether oxygens (including phenoxy) is 4. The highest BCUT2D eigenvalue weighted by Gasteiger charge is 2.29. The van der Waals surface area contributed by atoms with Crippen LogP contribution in [0.2, 0.25) is 0 Å². The predicted octanol–water partition coefficient (Wildman–Crippen LogP) is 3.79. The van der Waals surface area contributed by atoms with E-state index < -0.39 is 42.3 Å². The minimum Gasteiger partial charge on any atom is -0.505 e. The van der Waals surface area contributed by atoms with Gasteiger partial charge in [-0.1, -0.05) is 36.8 Å². The quantitative estimate of drug-likeness (QED) is 0.209. The monoisotopic (exact) mass is 560 g/mol. The molecule has 0 fully saturated rings. The van der Waals surface area contributed by atoms with Gasteiger partial charge in [-0.15, -0.1) is 0 Å². The van der Waals surface area contributed by atoms with Crippen molar-refractivity contribution in [3.63, 3.8) is 0 Å². The van der Waals surface area contributed by atoms with Gasteiger partial charge in [-0.05, 0) is 38.8 Å². The lowest BCUT2D eigenvalue weighted by atomic mass is 9.91. The number of aliphatic hydroxyl groups excluding tert-OH is 1. The minimum atomic E-state index is -0.998. The molecule has 2 amide bonds. The second-order valence-electron chi connectivity index (χ2n) is 9.71. The number of carbonyl (C=O) groups is 2. The second kappa shape index (κ2) is 14.5. The molecule has 6 N–H and O–H groups in total. The Balaban J connectivity index is 2.72. The van der Waals surface area contributed by atoms with E-state index in [1.807, 2.05) is 0 Å². The van der Waals surface area contributed by atoms with E-state index in [0.29, 0.717) is 11.1 Å². The van der Waals surface area contributed by atoms with E-state index in [-0.39, 0.29) is 40.5 Å². The number of hydrogen-bond donors (Lipinski definition) is 5. The fourth-order valence-corrected chi connectivity index (χ4v) is 4.47. The summed E-state index contributed by atoms with van der Waals surface area (Å²) < 4.78 is 21.8. The molecule has 0 aliphatic carbocycles. The van der Waals surface area contributed by atoms with Crippen LogP contribution >= 0.6 is 0 Å². The Labute approximate surface area is 234 Å². The van der Waals surface area contributed by atoms with Gasteiger partial charge >= 0.3 is 6.09 Å². The molecule has 0 saturated heterocycles. The summed E-state index contributed by atoms with van der Waals surface area (Å²) in [5.41, 5.74) is 6.98. The summed E-state index contributed by atoms with van der Waals surface area (Å²) in [5.74, 6) is -1.57.